The Hall–Kier alpha value is -3.14. The van der Waals surface area contributed by atoms with E-state index in [9.17, 15) is 4.79 Å². The molecule has 1 aliphatic heterocycles. The van der Waals surface area contributed by atoms with Crippen molar-refractivity contribution in [3.63, 3.8) is 0 Å². The molecule has 1 aromatic heterocycles. The lowest BCUT2D eigenvalue weighted by molar-refractivity contribution is -0.132. The maximum Gasteiger partial charge on any atom is 0.222 e. The number of hydrogen-bond acceptors (Lipinski definition) is 3. The highest BCUT2D eigenvalue weighted by Gasteiger charge is 2.28. The average molecular weight is 441 g/mol. The van der Waals surface area contributed by atoms with Crippen molar-refractivity contribution < 1.29 is 9.53 Å². The molecule has 3 aromatic rings. The van der Waals surface area contributed by atoms with Crippen molar-refractivity contribution in [2.75, 3.05) is 13.1 Å². The Morgan fingerprint density at radius 3 is 2.52 bits per heavy atom. The van der Waals surface area contributed by atoms with Crippen molar-refractivity contribution in [3.8, 4) is 5.75 Å². The van der Waals surface area contributed by atoms with E-state index >= 15 is 0 Å². The molecule has 0 N–H and O–H groups in total. The summed E-state index contributed by atoms with van der Waals surface area (Å²) in [5.41, 5.74) is 4.13. The summed E-state index contributed by atoms with van der Waals surface area (Å²) < 4.78 is 6.33. The number of nitrogens with zero attached hydrogens (tertiary/aromatic N) is 2. The molecule has 4 heteroatoms. The van der Waals surface area contributed by atoms with E-state index in [0.717, 1.165) is 65.8 Å². The van der Waals surface area contributed by atoms with Crippen molar-refractivity contribution in [2.24, 2.45) is 11.8 Å². The minimum Gasteiger partial charge on any atom is -0.488 e. The molecule has 33 heavy (non-hydrogen) atoms. The molecule has 0 spiro atoms. The summed E-state index contributed by atoms with van der Waals surface area (Å²) in [4.78, 5) is 19.4. The van der Waals surface area contributed by atoms with Crippen LogP contribution in [0, 0.1) is 18.8 Å². The largest absolute Gasteiger partial charge is 0.488 e. The van der Waals surface area contributed by atoms with Gasteiger partial charge in [-0.3, -0.25) is 4.79 Å². The second kappa shape index (κ2) is 9.78. The summed E-state index contributed by atoms with van der Waals surface area (Å²) in [6.07, 6.45) is 9.72. The molecule has 2 heterocycles. The van der Waals surface area contributed by atoms with Crippen LogP contribution in [-0.4, -0.2) is 28.9 Å². The predicted molar refractivity (Wildman–Crippen MR) is 133 cm³/mol. The van der Waals surface area contributed by atoms with Crippen LogP contribution >= 0.6 is 0 Å². The molecule has 1 amide bonds. The van der Waals surface area contributed by atoms with Gasteiger partial charge in [-0.15, -0.1) is 0 Å². The first-order valence-electron chi connectivity index (χ1n) is 12.2. The number of amides is 1. The van der Waals surface area contributed by atoms with Gasteiger partial charge in [-0.25, -0.2) is 4.98 Å². The molecule has 2 aliphatic rings. The second-order valence-corrected chi connectivity index (χ2v) is 9.47. The van der Waals surface area contributed by atoms with E-state index in [-0.39, 0.29) is 0 Å². The Balaban J connectivity index is 1.30. The molecule has 2 aromatic carbocycles. The molecule has 0 radical (unpaired) electrons. The van der Waals surface area contributed by atoms with Crippen molar-refractivity contribution in [2.45, 2.75) is 45.6 Å². The first-order chi connectivity index (χ1) is 16.2. The second-order valence-electron chi connectivity index (χ2n) is 9.47. The van der Waals surface area contributed by atoms with Gasteiger partial charge in [0.2, 0.25) is 5.91 Å². The lowest BCUT2D eigenvalue weighted by Crippen LogP contribution is -2.38. The molecule has 1 aliphatic carbocycles. The quantitative estimate of drug-likeness (QED) is 0.441. The van der Waals surface area contributed by atoms with Gasteiger partial charge < -0.3 is 9.64 Å². The molecule has 1 saturated heterocycles. The van der Waals surface area contributed by atoms with Gasteiger partial charge >= 0.3 is 0 Å². The number of fused-ring (bicyclic) bond motifs is 1. The summed E-state index contributed by atoms with van der Waals surface area (Å²) in [7, 11) is 0. The number of benzene rings is 2. The molecular formula is C29H32N2O2. The van der Waals surface area contributed by atoms with Crippen LogP contribution in [-0.2, 0) is 11.4 Å². The number of carbonyl (C=O) groups excluding carboxylic acids is 1. The average Bonchev–Trinajstić information content (AvgIpc) is 3.67. The van der Waals surface area contributed by atoms with Crippen molar-refractivity contribution in [1.29, 1.82) is 0 Å². The fourth-order valence-corrected chi connectivity index (χ4v) is 4.64. The smallest absolute Gasteiger partial charge is 0.222 e. The summed E-state index contributed by atoms with van der Waals surface area (Å²) in [6.45, 7) is 4.37. The molecule has 4 nitrogen and oxygen atoms in total. The van der Waals surface area contributed by atoms with Crippen LogP contribution in [0.15, 0.2) is 60.7 Å². The number of hydrogen-bond donors (Lipinski definition) is 0. The lowest BCUT2D eigenvalue weighted by Gasteiger charge is -2.31. The molecule has 1 saturated carbocycles. The summed E-state index contributed by atoms with van der Waals surface area (Å²) in [6, 6.07) is 18.4. The Morgan fingerprint density at radius 2 is 1.76 bits per heavy atom. The van der Waals surface area contributed by atoms with Gasteiger partial charge in [0.15, 0.2) is 0 Å². The fraction of sp³-hybridized carbons (Fsp3) is 0.379. The van der Waals surface area contributed by atoms with Crippen LogP contribution in [0.2, 0.25) is 0 Å². The van der Waals surface area contributed by atoms with Gasteiger partial charge in [-0.1, -0.05) is 48.5 Å². The Labute approximate surface area is 196 Å². The standard InChI is InChI=1S/C29H32N2O2/c1-21-26(14-13-22-15-17-31(18-16-22)28(32)19-23-11-12-23)30-27-10-6-5-9-25(27)29(21)33-20-24-7-3-2-4-8-24/h2-10,13-14,22-23H,11-12,15-20H2,1H3/b14-13+. The summed E-state index contributed by atoms with van der Waals surface area (Å²) >= 11 is 0. The maximum atomic E-state index is 12.4. The minimum atomic E-state index is 0.354. The lowest BCUT2D eigenvalue weighted by atomic mass is 9.95. The molecule has 5 rings (SSSR count). The zero-order chi connectivity index (χ0) is 22.6. The first-order valence-corrected chi connectivity index (χ1v) is 12.2. The highest BCUT2D eigenvalue weighted by atomic mass is 16.5. The SMILES string of the molecule is Cc1c(/C=C/C2CCN(C(=O)CC3CC3)CC2)nc2ccccc2c1OCc1ccccc1. The molecule has 2 fully saturated rings. The molecule has 170 valence electrons. The number of piperidine rings is 1. The van der Waals surface area contributed by atoms with E-state index in [4.69, 9.17) is 9.72 Å². The van der Waals surface area contributed by atoms with E-state index in [0.29, 0.717) is 24.3 Å². The van der Waals surface area contributed by atoms with Crippen LogP contribution < -0.4 is 4.74 Å². The van der Waals surface area contributed by atoms with Gasteiger partial charge in [0.1, 0.15) is 12.4 Å². The highest BCUT2D eigenvalue weighted by molar-refractivity contribution is 5.88. The zero-order valence-electron chi connectivity index (χ0n) is 19.4. The molecule has 0 atom stereocenters. The van der Waals surface area contributed by atoms with Crippen LogP contribution in [0.5, 0.6) is 5.75 Å². The monoisotopic (exact) mass is 440 g/mol. The normalized spacial score (nSPS) is 17.1. The van der Waals surface area contributed by atoms with E-state index in [1.807, 2.05) is 36.4 Å². The summed E-state index contributed by atoms with van der Waals surface area (Å²) in [5.74, 6) is 2.41. The highest BCUT2D eigenvalue weighted by Crippen LogP contribution is 2.34. The first kappa shape index (κ1) is 21.7. The number of pyridine rings is 1. The molecule has 0 bridgehead atoms. The van der Waals surface area contributed by atoms with Gasteiger partial charge in [-0.2, -0.15) is 0 Å². The van der Waals surface area contributed by atoms with Crippen molar-refractivity contribution in [1.82, 2.24) is 9.88 Å². The third-order valence-corrected chi connectivity index (χ3v) is 6.92. The third kappa shape index (κ3) is 5.27. The minimum absolute atomic E-state index is 0.354. The van der Waals surface area contributed by atoms with Crippen molar-refractivity contribution >= 4 is 22.9 Å². The fourth-order valence-electron chi connectivity index (χ4n) is 4.64. The number of carbonyl (C=O) groups is 1. The van der Waals surface area contributed by atoms with Crippen LogP contribution in [0.4, 0.5) is 0 Å². The van der Waals surface area contributed by atoms with Crippen molar-refractivity contribution in [3.05, 3.63) is 77.5 Å². The van der Waals surface area contributed by atoms with Gasteiger partial charge in [0.25, 0.3) is 0 Å². The van der Waals surface area contributed by atoms with Crippen LogP contribution in [0.1, 0.15) is 48.9 Å². The number of para-hydroxylation sites is 1. The van der Waals surface area contributed by atoms with Crippen LogP contribution in [0.25, 0.3) is 17.0 Å². The zero-order valence-corrected chi connectivity index (χ0v) is 19.4. The van der Waals surface area contributed by atoms with E-state index < -0.39 is 0 Å². The Kier molecular flexibility index (Phi) is 6.43. The molecule has 0 unspecified atom stereocenters. The number of ether oxygens (including phenoxy) is 1. The Morgan fingerprint density at radius 1 is 1.03 bits per heavy atom. The topological polar surface area (TPSA) is 42.4 Å². The Bertz CT molecular complexity index is 1140. The van der Waals surface area contributed by atoms with E-state index in [2.05, 4.69) is 42.2 Å². The van der Waals surface area contributed by atoms with Gasteiger partial charge in [0.05, 0.1) is 11.2 Å². The van der Waals surface area contributed by atoms with Gasteiger partial charge in [-0.05, 0) is 68.2 Å². The summed E-state index contributed by atoms with van der Waals surface area (Å²) in [5, 5.41) is 1.05. The van der Waals surface area contributed by atoms with Crippen LogP contribution in [0.3, 0.4) is 0 Å². The predicted octanol–water partition coefficient (Wildman–Crippen LogP) is 6.17. The number of rotatable bonds is 7. The number of allylic oxidation sites excluding steroid dienone is 1. The molecular weight excluding hydrogens is 408 g/mol. The third-order valence-electron chi connectivity index (χ3n) is 6.92. The number of aromatic nitrogens is 1. The number of likely N-dealkylation sites (tertiary alicyclic amines) is 1. The van der Waals surface area contributed by atoms with E-state index in [1.54, 1.807) is 0 Å². The van der Waals surface area contributed by atoms with Gasteiger partial charge in [0, 0.05) is 30.5 Å². The maximum absolute atomic E-state index is 12.4. The van der Waals surface area contributed by atoms with E-state index in [1.165, 1.54) is 12.8 Å².